The van der Waals surface area contributed by atoms with Gasteiger partial charge in [0.1, 0.15) is 5.75 Å². The highest BCUT2D eigenvalue weighted by Crippen LogP contribution is 2.43. The van der Waals surface area contributed by atoms with Gasteiger partial charge in [0.05, 0.1) is 19.2 Å². The second kappa shape index (κ2) is 5.10. The number of benzene rings is 2. The predicted octanol–water partition coefficient (Wildman–Crippen LogP) is 2.93. The molecule has 20 heavy (non-hydrogen) atoms. The molecule has 0 aliphatic carbocycles. The highest BCUT2D eigenvalue weighted by Gasteiger charge is 2.50. The minimum Gasteiger partial charge on any atom is -0.497 e. The van der Waals surface area contributed by atoms with E-state index in [0.29, 0.717) is 0 Å². The first-order chi connectivity index (χ1) is 9.72. The summed E-state index contributed by atoms with van der Waals surface area (Å²) in [5, 5.41) is 0. The number of hydrogen-bond acceptors (Lipinski definition) is 3. The standard InChI is InChI=1S/C17H17NO2/c1-18-15(12-8-10-14(20-2)11-9-12)16(18)17(19)13-6-4-3-5-7-13/h3-11,15-16H,1-2H3/t15-,16-,18?/m0/s1. The third-order valence-corrected chi connectivity index (χ3v) is 3.87. The van der Waals surface area contributed by atoms with Gasteiger partial charge in [0.2, 0.25) is 0 Å². The zero-order valence-corrected chi connectivity index (χ0v) is 11.6. The molecular formula is C17H17NO2. The van der Waals surface area contributed by atoms with E-state index in [2.05, 4.69) is 4.90 Å². The van der Waals surface area contributed by atoms with Crippen molar-refractivity contribution in [2.45, 2.75) is 12.1 Å². The van der Waals surface area contributed by atoms with Crippen molar-refractivity contribution in [3.63, 3.8) is 0 Å². The molecule has 3 heteroatoms. The minimum atomic E-state index is -0.0502. The normalized spacial score (nSPS) is 24.2. The fourth-order valence-corrected chi connectivity index (χ4v) is 2.66. The van der Waals surface area contributed by atoms with Crippen molar-refractivity contribution >= 4 is 5.78 Å². The van der Waals surface area contributed by atoms with Crippen LogP contribution in [0.25, 0.3) is 0 Å². The lowest BCUT2D eigenvalue weighted by atomic mass is 10.0. The van der Waals surface area contributed by atoms with E-state index >= 15 is 0 Å². The molecule has 1 fully saturated rings. The number of likely N-dealkylation sites (N-methyl/N-ethyl adjacent to an activating group) is 1. The van der Waals surface area contributed by atoms with Crippen LogP contribution in [0, 0.1) is 0 Å². The van der Waals surface area contributed by atoms with E-state index in [4.69, 9.17) is 4.74 Å². The largest absolute Gasteiger partial charge is 0.497 e. The lowest BCUT2D eigenvalue weighted by Gasteiger charge is -2.02. The van der Waals surface area contributed by atoms with Gasteiger partial charge < -0.3 is 4.74 Å². The smallest absolute Gasteiger partial charge is 0.181 e. The van der Waals surface area contributed by atoms with Gasteiger partial charge in [-0.25, -0.2) is 0 Å². The molecule has 1 aliphatic rings. The van der Waals surface area contributed by atoms with Crippen LogP contribution in [0.15, 0.2) is 54.6 Å². The van der Waals surface area contributed by atoms with E-state index in [1.807, 2.05) is 61.6 Å². The molecule has 0 spiro atoms. The van der Waals surface area contributed by atoms with Crippen LogP contribution in [0.5, 0.6) is 5.75 Å². The molecule has 1 unspecified atom stereocenters. The number of ketones is 1. The molecule has 3 rings (SSSR count). The summed E-state index contributed by atoms with van der Waals surface area (Å²) in [6.45, 7) is 0. The quantitative estimate of drug-likeness (QED) is 0.630. The third-order valence-electron chi connectivity index (χ3n) is 3.87. The molecular weight excluding hydrogens is 250 g/mol. The summed E-state index contributed by atoms with van der Waals surface area (Å²) in [6, 6.07) is 17.5. The molecule has 0 saturated carbocycles. The number of carbonyl (C=O) groups excluding carboxylic acids is 1. The van der Waals surface area contributed by atoms with Gasteiger partial charge in [-0.1, -0.05) is 42.5 Å². The Labute approximate surface area is 118 Å². The van der Waals surface area contributed by atoms with Gasteiger partial charge in [-0.05, 0) is 24.7 Å². The second-order valence-corrected chi connectivity index (χ2v) is 5.06. The monoisotopic (exact) mass is 267 g/mol. The molecule has 3 nitrogen and oxygen atoms in total. The van der Waals surface area contributed by atoms with Crippen LogP contribution in [0.3, 0.4) is 0 Å². The van der Waals surface area contributed by atoms with E-state index in [-0.39, 0.29) is 17.9 Å². The van der Waals surface area contributed by atoms with Crippen LogP contribution in [0.1, 0.15) is 22.0 Å². The van der Waals surface area contributed by atoms with Crippen LogP contribution in [0.4, 0.5) is 0 Å². The molecule has 0 N–H and O–H groups in total. The zero-order valence-electron chi connectivity index (χ0n) is 11.6. The fraction of sp³-hybridized carbons (Fsp3) is 0.235. The Kier molecular flexibility index (Phi) is 3.28. The number of carbonyl (C=O) groups is 1. The summed E-state index contributed by atoms with van der Waals surface area (Å²) in [4.78, 5) is 14.6. The summed E-state index contributed by atoms with van der Waals surface area (Å²) in [7, 11) is 3.64. The summed E-state index contributed by atoms with van der Waals surface area (Å²) < 4.78 is 5.16. The lowest BCUT2D eigenvalue weighted by Crippen LogP contribution is -2.11. The number of nitrogens with zero attached hydrogens (tertiary/aromatic N) is 1. The molecule has 2 aromatic rings. The molecule has 0 amide bonds. The van der Waals surface area contributed by atoms with Crippen molar-refractivity contribution in [2.24, 2.45) is 0 Å². The first-order valence-electron chi connectivity index (χ1n) is 6.67. The van der Waals surface area contributed by atoms with E-state index in [1.54, 1.807) is 7.11 Å². The Balaban J connectivity index is 1.78. The highest BCUT2D eigenvalue weighted by atomic mass is 16.5. The van der Waals surface area contributed by atoms with Crippen molar-refractivity contribution in [3.05, 3.63) is 65.7 Å². The maximum absolute atomic E-state index is 12.5. The Morgan fingerprint density at radius 1 is 1.05 bits per heavy atom. The Morgan fingerprint density at radius 3 is 2.30 bits per heavy atom. The van der Waals surface area contributed by atoms with Gasteiger partial charge in [-0.15, -0.1) is 0 Å². The molecule has 0 radical (unpaired) electrons. The third kappa shape index (κ3) is 2.21. The molecule has 1 heterocycles. The molecule has 0 bridgehead atoms. The molecule has 2 aromatic carbocycles. The molecule has 3 atom stereocenters. The molecule has 0 aromatic heterocycles. The summed E-state index contributed by atoms with van der Waals surface area (Å²) in [6.07, 6.45) is 0. The zero-order chi connectivity index (χ0) is 14.1. The van der Waals surface area contributed by atoms with Crippen molar-refractivity contribution in [1.29, 1.82) is 0 Å². The average Bonchev–Trinajstić information content (AvgIpc) is 3.18. The van der Waals surface area contributed by atoms with Gasteiger partial charge in [0.15, 0.2) is 5.78 Å². The highest BCUT2D eigenvalue weighted by molar-refractivity contribution is 6.02. The van der Waals surface area contributed by atoms with Crippen molar-refractivity contribution < 1.29 is 9.53 Å². The number of methoxy groups -OCH3 is 1. The lowest BCUT2D eigenvalue weighted by molar-refractivity contribution is 0.0977. The number of ether oxygens (including phenoxy) is 1. The van der Waals surface area contributed by atoms with Crippen LogP contribution in [0.2, 0.25) is 0 Å². The SMILES string of the molecule is COc1ccc([C@H]2[C@@H](C(=O)c3ccccc3)N2C)cc1. The van der Waals surface area contributed by atoms with Crippen LogP contribution in [-0.2, 0) is 0 Å². The van der Waals surface area contributed by atoms with E-state index in [1.165, 1.54) is 0 Å². The topological polar surface area (TPSA) is 29.3 Å². The second-order valence-electron chi connectivity index (χ2n) is 5.06. The Morgan fingerprint density at radius 2 is 1.70 bits per heavy atom. The summed E-state index contributed by atoms with van der Waals surface area (Å²) in [5.41, 5.74) is 1.93. The van der Waals surface area contributed by atoms with Crippen molar-refractivity contribution in [1.82, 2.24) is 4.90 Å². The van der Waals surface area contributed by atoms with E-state index in [0.717, 1.165) is 16.9 Å². The van der Waals surface area contributed by atoms with Gasteiger partial charge >= 0.3 is 0 Å². The average molecular weight is 267 g/mol. The first kappa shape index (κ1) is 12.9. The number of rotatable bonds is 4. The van der Waals surface area contributed by atoms with Crippen molar-refractivity contribution in [3.8, 4) is 5.75 Å². The maximum Gasteiger partial charge on any atom is 0.181 e. The van der Waals surface area contributed by atoms with Crippen LogP contribution in [-0.4, -0.2) is 30.9 Å². The Bertz CT molecular complexity index is 607. The Hall–Kier alpha value is -2.13. The summed E-state index contributed by atoms with van der Waals surface area (Å²) >= 11 is 0. The van der Waals surface area contributed by atoms with Gasteiger partial charge in [0, 0.05) is 5.56 Å². The number of Topliss-reactive ketones (excluding diaryl/α,β-unsaturated/α-hetero) is 1. The fourth-order valence-electron chi connectivity index (χ4n) is 2.66. The van der Waals surface area contributed by atoms with Crippen molar-refractivity contribution in [2.75, 3.05) is 14.2 Å². The predicted molar refractivity (Wildman–Crippen MR) is 78.1 cm³/mol. The summed E-state index contributed by atoms with van der Waals surface area (Å²) in [5.74, 6) is 1.02. The maximum atomic E-state index is 12.5. The van der Waals surface area contributed by atoms with E-state index < -0.39 is 0 Å². The van der Waals surface area contributed by atoms with Gasteiger partial charge in [-0.2, -0.15) is 0 Å². The molecule has 102 valence electrons. The first-order valence-corrected chi connectivity index (χ1v) is 6.67. The van der Waals surface area contributed by atoms with Gasteiger partial charge in [0.25, 0.3) is 0 Å². The number of hydrogen-bond donors (Lipinski definition) is 0. The van der Waals surface area contributed by atoms with Gasteiger partial charge in [-0.3, -0.25) is 9.69 Å². The van der Waals surface area contributed by atoms with Crippen LogP contribution < -0.4 is 4.74 Å². The molecule has 1 aliphatic heterocycles. The molecule has 1 saturated heterocycles. The van der Waals surface area contributed by atoms with Crippen LogP contribution >= 0.6 is 0 Å². The minimum absolute atomic E-state index is 0.0502. The van der Waals surface area contributed by atoms with E-state index in [9.17, 15) is 4.79 Å².